The fraction of sp³-hybridized carbons (Fsp3) is 0.333. The van der Waals surface area contributed by atoms with Crippen LogP contribution in [-0.4, -0.2) is 23.4 Å². The van der Waals surface area contributed by atoms with E-state index in [4.69, 9.17) is 23.2 Å². The molecule has 7 heteroatoms. The number of carbonyl (C=O) groups is 2. The van der Waals surface area contributed by atoms with Gasteiger partial charge in [-0.3, -0.25) is 4.79 Å². The molecule has 0 radical (unpaired) electrons. The number of carbonyl (C=O) groups excluding carboxylic acids is 2. The van der Waals surface area contributed by atoms with Crippen molar-refractivity contribution in [2.75, 3.05) is 6.54 Å². The van der Waals surface area contributed by atoms with Gasteiger partial charge in [-0.1, -0.05) is 53.5 Å². The summed E-state index contributed by atoms with van der Waals surface area (Å²) in [6.45, 7) is 3.72. The minimum absolute atomic E-state index is 0.206. The smallest absolute Gasteiger partial charge is 0.315 e. The summed E-state index contributed by atoms with van der Waals surface area (Å²) in [6, 6.07) is 12.8. The number of halogens is 2. The molecule has 3 amide bonds. The van der Waals surface area contributed by atoms with Gasteiger partial charge in [0.25, 0.3) is 0 Å². The second-order valence-electron chi connectivity index (χ2n) is 6.96. The summed E-state index contributed by atoms with van der Waals surface area (Å²) >= 11 is 12.0. The van der Waals surface area contributed by atoms with Gasteiger partial charge >= 0.3 is 6.03 Å². The second kappa shape index (κ2) is 9.30. The molecule has 1 heterocycles. The summed E-state index contributed by atoms with van der Waals surface area (Å²) < 4.78 is 0. The Bertz CT molecular complexity index is 872. The molecule has 0 bridgehead atoms. The Morgan fingerprint density at radius 2 is 1.93 bits per heavy atom. The number of rotatable bonds is 6. The first-order chi connectivity index (χ1) is 13.4. The third-order valence-electron chi connectivity index (χ3n) is 4.78. The number of hydrogen-bond acceptors (Lipinski definition) is 2. The Morgan fingerprint density at radius 3 is 2.64 bits per heavy atom. The first-order valence-corrected chi connectivity index (χ1v) is 10.0. The fourth-order valence-corrected chi connectivity index (χ4v) is 3.53. The molecule has 3 rings (SSSR count). The first-order valence-electron chi connectivity index (χ1n) is 9.27. The van der Waals surface area contributed by atoms with E-state index in [1.807, 2.05) is 42.2 Å². The van der Waals surface area contributed by atoms with Gasteiger partial charge in [0.15, 0.2) is 0 Å². The van der Waals surface area contributed by atoms with Crippen LogP contribution in [0.3, 0.4) is 0 Å². The van der Waals surface area contributed by atoms with Gasteiger partial charge in [0.2, 0.25) is 5.91 Å². The monoisotopic (exact) mass is 419 g/mol. The van der Waals surface area contributed by atoms with Gasteiger partial charge in [0.05, 0.1) is 16.1 Å². The molecule has 2 aromatic carbocycles. The molecule has 0 spiro atoms. The number of amides is 3. The molecule has 1 atom stereocenters. The lowest BCUT2D eigenvalue weighted by molar-refractivity contribution is -0.128. The number of likely N-dealkylation sites (tertiary alicyclic amines) is 1. The van der Waals surface area contributed by atoms with Gasteiger partial charge in [-0.15, -0.1) is 0 Å². The van der Waals surface area contributed by atoms with Crippen LogP contribution in [0.5, 0.6) is 0 Å². The summed E-state index contributed by atoms with van der Waals surface area (Å²) in [4.78, 5) is 25.9. The van der Waals surface area contributed by atoms with Gasteiger partial charge in [0.1, 0.15) is 0 Å². The summed E-state index contributed by atoms with van der Waals surface area (Å²) in [6.07, 6.45) is 1.57. The quantitative estimate of drug-likeness (QED) is 0.713. The van der Waals surface area contributed by atoms with Crippen molar-refractivity contribution in [1.29, 1.82) is 0 Å². The maximum atomic E-state index is 12.2. The van der Waals surface area contributed by atoms with Crippen LogP contribution < -0.4 is 10.6 Å². The van der Waals surface area contributed by atoms with Gasteiger partial charge < -0.3 is 15.5 Å². The molecule has 1 aliphatic heterocycles. The molecule has 1 unspecified atom stereocenters. The molecule has 1 saturated heterocycles. The van der Waals surface area contributed by atoms with E-state index in [0.717, 1.165) is 29.7 Å². The number of hydrogen-bond donors (Lipinski definition) is 2. The predicted molar refractivity (Wildman–Crippen MR) is 111 cm³/mol. The van der Waals surface area contributed by atoms with Crippen LogP contribution in [0.4, 0.5) is 4.79 Å². The molecule has 148 valence electrons. The minimum atomic E-state index is -0.265. The van der Waals surface area contributed by atoms with E-state index in [2.05, 4.69) is 10.6 Å². The molecular formula is C21H23Cl2N3O2. The Morgan fingerprint density at radius 1 is 1.14 bits per heavy atom. The average molecular weight is 420 g/mol. The predicted octanol–water partition coefficient (Wildman–Crippen LogP) is 4.68. The molecular weight excluding hydrogens is 397 g/mol. The third kappa shape index (κ3) is 5.40. The topological polar surface area (TPSA) is 61.4 Å². The number of nitrogens with one attached hydrogen (secondary N) is 2. The highest BCUT2D eigenvalue weighted by Gasteiger charge is 2.20. The highest BCUT2D eigenvalue weighted by molar-refractivity contribution is 6.42. The van der Waals surface area contributed by atoms with Crippen LogP contribution in [0.25, 0.3) is 0 Å². The van der Waals surface area contributed by atoms with Crippen molar-refractivity contribution < 1.29 is 9.59 Å². The molecule has 0 aliphatic carbocycles. The Labute approximate surface area is 175 Å². The van der Waals surface area contributed by atoms with Crippen molar-refractivity contribution in [2.45, 2.75) is 38.9 Å². The highest BCUT2D eigenvalue weighted by atomic mass is 35.5. The Kier molecular flexibility index (Phi) is 6.81. The molecule has 0 aromatic heterocycles. The van der Waals surface area contributed by atoms with Crippen LogP contribution in [-0.2, 0) is 17.9 Å². The average Bonchev–Trinajstić information content (AvgIpc) is 3.07. The zero-order chi connectivity index (χ0) is 20.1. The van der Waals surface area contributed by atoms with Crippen molar-refractivity contribution >= 4 is 35.1 Å². The van der Waals surface area contributed by atoms with Crippen molar-refractivity contribution in [1.82, 2.24) is 15.5 Å². The summed E-state index contributed by atoms with van der Waals surface area (Å²) in [7, 11) is 0. The summed E-state index contributed by atoms with van der Waals surface area (Å²) in [5, 5.41) is 6.70. The van der Waals surface area contributed by atoms with Crippen molar-refractivity contribution in [3.63, 3.8) is 0 Å². The standard InChI is InChI=1S/C21H23Cl2N3O2/c1-14(17-7-8-18(22)19(23)11-17)25-21(28)24-12-15-4-2-5-16(10-15)13-26-9-3-6-20(26)27/h2,4-5,7-8,10-11,14H,3,6,9,12-13H2,1H3,(H2,24,25,28). The van der Waals surface area contributed by atoms with Crippen molar-refractivity contribution in [3.8, 4) is 0 Å². The van der Waals surface area contributed by atoms with Gasteiger partial charge in [0, 0.05) is 26.1 Å². The van der Waals surface area contributed by atoms with Gasteiger partial charge in [-0.2, -0.15) is 0 Å². The Balaban J connectivity index is 1.52. The van der Waals surface area contributed by atoms with Crippen molar-refractivity contribution in [3.05, 3.63) is 69.2 Å². The minimum Gasteiger partial charge on any atom is -0.338 e. The fourth-order valence-electron chi connectivity index (χ4n) is 3.22. The van der Waals surface area contributed by atoms with E-state index in [1.165, 1.54) is 0 Å². The molecule has 28 heavy (non-hydrogen) atoms. The maximum Gasteiger partial charge on any atom is 0.315 e. The molecule has 1 fully saturated rings. The SMILES string of the molecule is CC(NC(=O)NCc1cccc(CN2CCCC2=O)c1)c1ccc(Cl)c(Cl)c1. The van der Waals surface area contributed by atoms with E-state index in [0.29, 0.717) is 29.6 Å². The molecule has 1 aliphatic rings. The molecule has 0 saturated carbocycles. The van der Waals surface area contributed by atoms with E-state index in [-0.39, 0.29) is 18.0 Å². The summed E-state index contributed by atoms with van der Waals surface area (Å²) in [5.41, 5.74) is 2.93. The lowest BCUT2D eigenvalue weighted by atomic mass is 10.1. The zero-order valence-corrected chi connectivity index (χ0v) is 17.2. The van der Waals surface area contributed by atoms with Crippen LogP contribution in [0.2, 0.25) is 10.0 Å². The van der Waals surface area contributed by atoms with E-state index >= 15 is 0 Å². The lowest BCUT2D eigenvalue weighted by Gasteiger charge is -2.17. The molecule has 5 nitrogen and oxygen atoms in total. The van der Waals surface area contributed by atoms with Crippen LogP contribution in [0.15, 0.2) is 42.5 Å². The van der Waals surface area contributed by atoms with Gasteiger partial charge in [-0.25, -0.2) is 4.79 Å². The first kappa shape index (κ1) is 20.5. The maximum absolute atomic E-state index is 12.2. The molecule has 2 N–H and O–H groups in total. The van der Waals surface area contributed by atoms with E-state index in [9.17, 15) is 9.59 Å². The van der Waals surface area contributed by atoms with Gasteiger partial charge in [-0.05, 0) is 42.2 Å². The normalized spacial score (nSPS) is 14.8. The second-order valence-corrected chi connectivity index (χ2v) is 7.78. The number of nitrogens with zero attached hydrogens (tertiary/aromatic N) is 1. The molecule has 2 aromatic rings. The van der Waals surface area contributed by atoms with Crippen molar-refractivity contribution in [2.24, 2.45) is 0 Å². The van der Waals surface area contributed by atoms with E-state index < -0.39 is 0 Å². The number of benzene rings is 2. The van der Waals surface area contributed by atoms with Crippen LogP contribution >= 0.6 is 23.2 Å². The Hall–Kier alpha value is -2.24. The zero-order valence-electron chi connectivity index (χ0n) is 15.7. The number of urea groups is 1. The van der Waals surface area contributed by atoms with Crippen LogP contribution in [0, 0.1) is 0 Å². The highest BCUT2D eigenvalue weighted by Crippen LogP contribution is 2.25. The lowest BCUT2D eigenvalue weighted by Crippen LogP contribution is -2.36. The summed E-state index contributed by atoms with van der Waals surface area (Å²) in [5.74, 6) is 0.208. The van der Waals surface area contributed by atoms with E-state index in [1.54, 1.807) is 12.1 Å². The largest absolute Gasteiger partial charge is 0.338 e. The van der Waals surface area contributed by atoms with Crippen LogP contribution in [0.1, 0.15) is 42.5 Å². The third-order valence-corrected chi connectivity index (χ3v) is 5.52.